The molecule has 0 heterocycles. The fourth-order valence-corrected chi connectivity index (χ4v) is 8.21. The Hall–Kier alpha value is -2.36. The van der Waals surface area contributed by atoms with Crippen molar-refractivity contribution in [2.45, 2.75) is 231 Å². The second-order valence-electron chi connectivity index (χ2n) is 19.4. The molecule has 0 aromatic carbocycles. The van der Waals surface area contributed by atoms with Crippen molar-refractivity contribution in [1.82, 2.24) is 5.32 Å². The quantitative estimate of drug-likeness (QED) is 0.0207. The highest BCUT2D eigenvalue weighted by molar-refractivity contribution is 7.47. The zero-order chi connectivity index (χ0) is 49.4. The molecule has 0 aliphatic heterocycles. The first-order chi connectivity index (χ1) is 32.4. The summed E-state index contributed by atoms with van der Waals surface area (Å²) in [6.07, 6.45) is 62.2. The minimum atomic E-state index is -4.43. The first kappa shape index (κ1) is 64.6. The lowest BCUT2D eigenvalue weighted by atomic mass is 9.99. The van der Waals surface area contributed by atoms with Crippen LogP contribution in [-0.4, -0.2) is 84.6 Å². The molecule has 4 unspecified atom stereocenters. The first-order valence-electron chi connectivity index (χ1n) is 27.0. The number of aliphatic hydroxyl groups excluding tert-OH is 2. The Bertz CT molecular complexity index is 1380. The van der Waals surface area contributed by atoms with Gasteiger partial charge >= 0.3 is 7.82 Å². The highest BCUT2D eigenvalue weighted by Crippen LogP contribution is 2.43. The molecule has 0 aromatic rings. The lowest BCUT2D eigenvalue weighted by molar-refractivity contribution is -0.870. The molecule has 0 aliphatic rings. The van der Waals surface area contributed by atoms with E-state index in [2.05, 4.69) is 104 Å². The van der Waals surface area contributed by atoms with Gasteiger partial charge in [-0.2, -0.15) is 0 Å². The molecule has 9 nitrogen and oxygen atoms in total. The van der Waals surface area contributed by atoms with Crippen LogP contribution in [0.4, 0.5) is 0 Å². The number of carbonyl (C=O) groups is 1. The molecule has 0 fully saturated rings. The Morgan fingerprint density at radius 2 is 0.925 bits per heavy atom. The van der Waals surface area contributed by atoms with Gasteiger partial charge in [0.25, 0.3) is 0 Å². The van der Waals surface area contributed by atoms with Gasteiger partial charge in [0.2, 0.25) is 5.91 Å². The van der Waals surface area contributed by atoms with E-state index in [1.807, 2.05) is 21.1 Å². The molecule has 0 rings (SSSR count). The average Bonchev–Trinajstić information content (AvgIpc) is 3.29. The number of allylic oxidation sites excluding steroid dienone is 14. The summed E-state index contributed by atoms with van der Waals surface area (Å²) in [7, 11) is 1.42. The SMILES string of the molecule is CC/C=C\C/C=C\C/C=C\C/C=C\C/C=C\C/C=C\C/C=C\CCCCCCCCCCCC(=O)NC(COP(=O)(O)OCC[N+](C)(C)C)C(O)C(O)CCCCCCCCCCCCCC. The predicted octanol–water partition coefficient (Wildman–Crippen LogP) is 15.1. The maximum absolute atomic E-state index is 13.0. The van der Waals surface area contributed by atoms with Gasteiger partial charge in [-0.05, 0) is 70.6 Å². The van der Waals surface area contributed by atoms with Gasteiger partial charge in [-0.3, -0.25) is 13.8 Å². The van der Waals surface area contributed by atoms with Crippen molar-refractivity contribution in [1.29, 1.82) is 0 Å². The van der Waals surface area contributed by atoms with Crippen molar-refractivity contribution in [2.75, 3.05) is 40.9 Å². The lowest BCUT2D eigenvalue weighted by Crippen LogP contribution is -2.51. The van der Waals surface area contributed by atoms with E-state index in [4.69, 9.17) is 9.05 Å². The van der Waals surface area contributed by atoms with Gasteiger partial charge in [-0.25, -0.2) is 4.57 Å². The molecule has 4 N–H and O–H groups in total. The highest BCUT2D eigenvalue weighted by Gasteiger charge is 2.31. The standard InChI is InChI=1S/C57H103N2O7P/c1-6-8-10-12-14-16-18-20-21-22-23-24-25-26-27-28-29-30-31-32-33-34-35-36-37-38-40-42-44-46-48-50-56(61)58-54(53-66-67(63,64)65-52-51-59(3,4)5)57(62)55(60)49-47-45-43-41-39-19-17-15-13-11-9-7-2/h8,10,14,16,20-21,23-24,26-27,29-30,32-33,54-55,57,60,62H,6-7,9,11-13,15,17-19,22,25,28,31,34-53H2,1-5H3,(H-,58,61,63,64)/p+1/b10-8-,16-14-,21-20-,24-23-,27-26-,30-29-,33-32-. The van der Waals surface area contributed by atoms with Crippen LogP contribution in [0.2, 0.25) is 0 Å². The van der Waals surface area contributed by atoms with Crippen LogP contribution in [0.3, 0.4) is 0 Å². The Balaban J connectivity index is 4.25. The summed E-state index contributed by atoms with van der Waals surface area (Å²) >= 11 is 0. The van der Waals surface area contributed by atoms with Crippen LogP contribution in [-0.2, 0) is 18.4 Å². The lowest BCUT2D eigenvalue weighted by Gasteiger charge is -2.28. The number of phosphoric acid groups is 1. The van der Waals surface area contributed by atoms with E-state index in [-0.39, 0.29) is 18.9 Å². The van der Waals surface area contributed by atoms with Crippen LogP contribution in [0.15, 0.2) is 85.1 Å². The molecule has 0 saturated heterocycles. The van der Waals surface area contributed by atoms with E-state index < -0.39 is 32.7 Å². The Kier molecular flexibility index (Phi) is 45.7. The van der Waals surface area contributed by atoms with Crippen LogP contribution in [0.25, 0.3) is 0 Å². The van der Waals surface area contributed by atoms with Crippen LogP contribution in [0, 0.1) is 0 Å². The van der Waals surface area contributed by atoms with E-state index in [1.54, 1.807) is 0 Å². The highest BCUT2D eigenvalue weighted by atomic mass is 31.2. The molecular weight excluding hydrogens is 856 g/mol. The predicted molar refractivity (Wildman–Crippen MR) is 287 cm³/mol. The van der Waals surface area contributed by atoms with Gasteiger partial charge in [-0.15, -0.1) is 0 Å². The fraction of sp³-hybridized carbons (Fsp3) is 0.737. The number of quaternary nitrogens is 1. The van der Waals surface area contributed by atoms with Crippen molar-refractivity contribution in [3.63, 3.8) is 0 Å². The van der Waals surface area contributed by atoms with Gasteiger partial charge in [0.15, 0.2) is 0 Å². The van der Waals surface area contributed by atoms with E-state index >= 15 is 0 Å². The summed E-state index contributed by atoms with van der Waals surface area (Å²) in [6, 6.07) is -1.04. The summed E-state index contributed by atoms with van der Waals surface area (Å²) < 4.78 is 23.6. The number of aliphatic hydroxyl groups is 2. The average molecular weight is 960 g/mol. The van der Waals surface area contributed by atoms with Gasteiger partial charge in [-0.1, -0.05) is 221 Å². The number of nitrogens with one attached hydrogen (secondary N) is 1. The Morgan fingerprint density at radius 3 is 1.36 bits per heavy atom. The molecule has 0 radical (unpaired) electrons. The fourth-order valence-electron chi connectivity index (χ4n) is 7.48. The molecule has 1 amide bonds. The van der Waals surface area contributed by atoms with Crippen LogP contribution in [0.5, 0.6) is 0 Å². The monoisotopic (exact) mass is 960 g/mol. The van der Waals surface area contributed by atoms with Crippen LogP contribution in [0.1, 0.15) is 213 Å². The number of phosphoric ester groups is 1. The number of unbranched alkanes of at least 4 members (excludes halogenated alkanes) is 20. The molecule has 0 bridgehead atoms. The number of amides is 1. The molecule has 4 atom stereocenters. The molecule has 0 spiro atoms. The number of likely N-dealkylation sites (N-methyl/N-ethyl adjacent to an activating group) is 1. The second kappa shape index (κ2) is 47.3. The number of rotatable bonds is 48. The minimum Gasteiger partial charge on any atom is -0.390 e. The largest absolute Gasteiger partial charge is 0.472 e. The summed E-state index contributed by atoms with van der Waals surface area (Å²) in [5.41, 5.74) is 0. The molecule has 67 heavy (non-hydrogen) atoms. The third-order valence-electron chi connectivity index (χ3n) is 11.8. The molecule has 0 aromatic heterocycles. The number of nitrogens with zero attached hydrogens (tertiary/aromatic N) is 1. The van der Waals surface area contributed by atoms with E-state index in [9.17, 15) is 24.5 Å². The van der Waals surface area contributed by atoms with Gasteiger partial charge in [0, 0.05) is 6.42 Å². The molecule has 388 valence electrons. The maximum Gasteiger partial charge on any atom is 0.472 e. The Labute approximate surface area is 412 Å². The van der Waals surface area contributed by atoms with Crippen molar-refractivity contribution < 1.29 is 38.0 Å². The van der Waals surface area contributed by atoms with Crippen molar-refractivity contribution in [3.05, 3.63) is 85.1 Å². The second-order valence-corrected chi connectivity index (χ2v) is 20.8. The van der Waals surface area contributed by atoms with Crippen molar-refractivity contribution >= 4 is 13.7 Å². The van der Waals surface area contributed by atoms with Gasteiger partial charge in [0.1, 0.15) is 19.3 Å². The molecular formula is C57H104N2O7P+. The smallest absolute Gasteiger partial charge is 0.390 e. The van der Waals surface area contributed by atoms with E-state index in [0.717, 1.165) is 89.9 Å². The third kappa shape index (κ3) is 48.5. The van der Waals surface area contributed by atoms with E-state index in [1.165, 1.54) is 89.9 Å². The Morgan fingerprint density at radius 1 is 0.537 bits per heavy atom. The zero-order valence-corrected chi connectivity index (χ0v) is 44.6. The van der Waals surface area contributed by atoms with Crippen molar-refractivity contribution in [2.24, 2.45) is 0 Å². The third-order valence-corrected chi connectivity index (χ3v) is 12.7. The first-order valence-corrected chi connectivity index (χ1v) is 28.5. The zero-order valence-electron chi connectivity index (χ0n) is 43.7. The number of hydrogen-bond acceptors (Lipinski definition) is 6. The summed E-state index contributed by atoms with van der Waals surface area (Å²) in [4.78, 5) is 23.3. The summed E-state index contributed by atoms with van der Waals surface area (Å²) in [5, 5.41) is 24.8. The molecule has 0 saturated carbocycles. The topological polar surface area (TPSA) is 125 Å². The number of carbonyl (C=O) groups excluding carboxylic acids is 1. The van der Waals surface area contributed by atoms with Gasteiger partial charge in [0.05, 0.1) is 39.9 Å². The normalized spacial score (nSPS) is 15.2. The minimum absolute atomic E-state index is 0.0167. The van der Waals surface area contributed by atoms with Crippen LogP contribution >= 0.6 is 7.82 Å². The summed E-state index contributed by atoms with van der Waals surface area (Å²) in [6.45, 7) is 4.48. The molecule has 0 aliphatic carbocycles. The van der Waals surface area contributed by atoms with Gasteiger partial charge < -0.3 is 24.9 Å². The van der Waals surface area contributed by atoms with E-state index in [0.29, 0.717) is 23.9 Å². The summed E-state index contributed by atoms with van der Waals surface area (Å²) in [5.74, 6) is -0.268. The van der Waals surface area contributed by atoms with Crippen molar-refractivity contribution in [3.8, 4) is 0 Å². The number of hydrogen-bond donors (Lipinski definition) is 4. The van der Waals surface area contributed by atoms with Crippen LogP contribution < -0.4 is 5.32 Å². The maximum atomic E-state index is 13.0. The molecule has 10 heteroatoms.